The fraction of sp³-hybridized carbons (Fsp3) is 0.182. The van der Waals surface area contributed by atoms with Crippen molar-refractivity contribution >= 4 is 29.2 Å². The van der Waals surface area contributed by atoms with E-state index in [1.165, 1.54) is 6.07 Å². The maximum atomic E-state index is 13.5. The smallest absolute Gasteiger partial charge is 0.233 e. The maximum Gasteiger partial charge on any atom is 0.233 e. The van der Waals surface area contributed by atoms with Gasteiger partial charge in [0.1, 0.15) is 17.3 Å². The van der Waals surface area contributed by atoms with Gasteiger partial charge in [-0.3, -0.25) is 0 Å². The Morgan fingerprint density at radius 2 is 1.74 bits per heavy atom. The molecule has 0 aliphatic carbocycles. The fourth-order valence-electron chi connectivity index (χ4n) is 1.32. The highest BCUT2D eigenvalue weighted by Gasteiger charge is 2.12. The zero-order valence-electron chi connectivity index (χ0n) is 10.2. The third kappa shape index (κ3) is 3.05. The lowest BCUT2D eigenvalue weighted by molar-refractivity contribution is 0.590. The highest BCUT2D eigenvalue weighted by molar-refractivity contribution is 6.28. The van der Waals surface area contributed by atoms with Crippen LogP contribution in [0.5, 0.6) is 0 Å². The summed E-state index contributed by atoms with van der Waals surface area (Å²) in [6.45, 7) is 0. The first-order valence-electron chi connectivity index (χ1n) is 5.27. The number of nitrogens with zero attached hydrogens (tertiary/aromatic N) is 4. The van der Waals surface area contributed by atoms with Gasteiger partial charge in [0.25, 0.3) is 0 Å². The Labute approximate surface area is 113 Å². The van der Waals surface area contributed by atoms with Crippen molar-refractivity contribution in [2.45, 2.75) is 0 Å². The third-order valence-electron chi connectivity index (χ3n) is 2.20. The van der Waals surface area contributed by atoms with E-state index in [9.17, 15) is 8.78 Å². The Hall–Kier alpha value is -2.02. The van der Waals surface area contributed by atoms with Gasteiger partial charge in [-0.1, -0.05) is 6.07 Å². The van der Waals surface area contributed by atoms with Crippen molar-refractivity contribution in [2.75, 3.05) is 24.3 Å². The van der Waals surface area contributed by atoms with Crippen molar-refractivity contribution in [3.8, 4) is 0 Å². The summed E-state index contributed by atoms with van der Waals surface area (Å²) in [6.07, 6.45) is 0. The Bertz CT molecular complexity index is 585. The second kappa shape index (κ2) is 5.31. The normalized spacial score (nSPS) is 10.4. The van der Waals surface area contributed by atoms with Crippen molar-refractivity contribution in [1.82, 2.24) is 15.0 Å². The minimum atomic E-state index is -0.747. The van der Waals surface area contributed by atoms with Crippen molar-refractivity contribution in [3.63, 3.8) is 0 Å². The molecule has 0 atom stereocenters. The summed E-state index contributed by atoms with van der Waals surface area (Å²) in [5.74, 6) is -1.25. The first-order valence-corrected chi connectivity index (χ1v) is 5.65. The van der Waals surface area contributed by atoms with Gasteiger partial charge < -0.3 is 10.2 Å². The van der Waals surface area contributed by atoms with E-state index in [2.05, 4.69) is 20.3 Å². The largest absolute Gasteiger partial charge is 0.347 e. The van der Waals surface area contributed by atoms with Gasteiger partial charge in [-0.25, -0.2) is 8.78 Å². The number of hydrogen-bond donors (Lipinski definition) is 1. The van der Waals surface area contributed by atoms with Crippen LogP contribution >= 0.6 is 11.6 Å². The van der Waals surface area contributed by atoms with E-state index in [1.54, 1.807) is 19.0 Å². The van der Waals surface area contributed by atoms with Crippen LogP contribution < -0.4 is 10.2 Å². The van der Waals surface area contributed by atoms with E-state index in [-0.39, 0.29) is 22.9 Å². The van der Waals surface area contributed by atoms with Gasteiger partial charge in [-0.05, 0) is 23.7 Å². The summed E-state index contributed by atoms with van der Waals surface area (Å²) in [5, 5.41) is 2.38. The van der Waals surface area contributed by atoms with Crippen LogP contribution in [0.3, 0.4) is 0 Å². The Kier molecular flexibility index (Phi) is 3.75. The molecule has 0 saturated carbocycles. The quantitative estimate of drug-likeness (QED) is 0.939. The Balaban J connectivity index is 2.38. The number of hydrogen-bond acceptors (Lipinski definition) is 5. The van der Waals surface area contributed by atoms with Crippen LogP contribution in [0.25, 0.3) is 0 Å². The van der Waals surface area contributed by atoms with E-state index >= 15 is 0 Å². The molecule has 0 amide bonds. The topological polar surface area (TPSA) is 53.9 Å². The minimum Gasteiger partial charge on any atom is -0.347 e. The average Bonchev–Trinajstić information content (AvgIpc) is 2.33. The molecule has 0 bridgehead atoms. The first kappa shape index (κ1) is 13.4. The van der Waals surface area contributed by atoms with Crippen LogP contribution in [0.1, 0.15) is 0 Å². The average molecular weight is 286 g/mol. The lowest BCUT2D eigenvalue weighted by atomic mass is 10.3. The minimum absolute atomic E-state index is 0.0345. The summed E-state index contributed by atoms with van der Waals surface area (Å²) in [7, 11) is 3.41. The zero-order valence-corrected chi connectivity index (χ0v) is 10.9. The molecule has 1 N–H and O–H groups in total. The molecule has 0 aliphatic heterocycles. The summed E-state index contributed by atoms with van der Waals surface area (Å²) in [6, 6.07) is 3.52. The van der Waals surface area contributed by atoms with Gasteiger partial charge >= 0.3 is 0 Å². The number of nitrogens with one attached hydrogen (secondary N) is 1. The molecule has 1 aromatic heterocycles. The number of aromatic nitrogens is 3. The molecule has 8 heteroatoms. The van der Waals surface area contributed by atoms with Crippen LogP contribution in [0.2, 0.25) is 5.28 Å². The van der Waals surface area contributed by atoms with Gasteiger partial charge in [-0.15, -0.1) is 0 Å². The molecular weight excluding hydrogens is 276 g/mol. The highest BCUT2D eigenvalue weighted by atomic mass is 35.5. The lowest BCUT2D eigenvalue weighted by Gasteiger charge is -2.12. The molecular formula is C11H10ClF2N5. The summed E-state index contributed by atoms with van der Waals surface area (Å²) >= 11 is 5.72. The third-order valence-corrected chi connectivity index (χ3v) is 2.36. The van der Waals surface area contributed by atoms with Crippen LogP contribution in [-0.2, 0) is 0 Å². The molecule has 19 heavy (non-hydrogen) atoms. The molecule has 2 rings (SSSR count). The zero-order chi connectivity index (χ0) is 14.0. The van der Waals surface area contributed by atoms with Gasteiger partial charge in [0, 0.05) is 14.1 Å². The standard InChI is InChI=1S/C11H10ClF2N5/c1-19(2)11-17-9(12)16-10(18-11)15-8-6(13)4-3-5-7(8)14/h3-5H,1-2H3,(H,15,16,17,18). The van der Waals surface area contributed by atoms with E-state index in [4.69, 9.17) is 11.6 Å². The highest BCUT2D eigenvalue weighted by Crippen LogP contribution is 2.22. The molecule has 5 nitrogen and oxygen atoms in total. The number of rotatable bonds is 3. The molecule has 1 heterocycles. The monoisotopic (exact) mass is 285 g/mol. The molecule has 0 saturated heterocycles. The second-order valence-corrected chi connectivity index (χ2v) is 4.18. The van der Waals surface area contributed by atoms with Crippen molar-refractivity contribution in [1.29, 1.82) is 0 Å². The summed E-state index contributed by atoms with van der Waals surface area (Å²) < 4.78 is 27.0. The first-order chi connectivity index (χ1) is 8.97. The lowest BCUT2D eigenvalue weighted by Crippen LogP contribution is -2.14. The van der Waals surface area contributed by atoms with E-state index in [1.807, 2.05) is 0 Å². The summed E-state index contributed by atoms with van der Waals surface area (Å²) in [4.78, 5) is 13.2. The van der Waals surface area contributed by atoms with Crippen LogP contribution in [-0.4, -0.2) is 29.0 Å². The van der Waals surface area contributed by atoms with Crippen molar-refractivity contribution < 1.29 is 8.78 Å². The number of anilines is 3. The van der Waals surface area contributed by atoms with Gasteiger partial charge in [0.15, 0.2) is 0 Å². The molecule has 0 unspecified atom stereocenters. The van der Waals surface area contributed by atoms with E-state index in [0.717, 1.165) is 12.1 Å². The summed E-state index contributed by atoms with van der Waals surface area (Å²) in [5.41, 5.74) is -0.338. The predicted molar refractivity (Wildman–Crippen MR) is 68.8 cm³/mol. The number of halogens is 3. The predicted octanol–water partition coefficient (Wildman–Crippen LogP) is 2.61. The van der Waals surface area contributed by atoms with Crippen LogP contribution in [0, 0.1) is 11.6 Å². The molecule has 0 fully saturated rings. The van der Waals surface area contributed by atoms with Gasteiger partial charge in [-0.2, -0.15) is 15.0 Å². The Morgan fingerprint density at radius 3 is 2.32 bits per heavy atom. The number of para-hydroxylation sites is 1. The van der Waals surface area contributed by atoms with E-state index < -0.39 is 11.6 Å². The van der Waals surface area contributed by atoms with Crippen LogP contribution in [0.15, 0.2) is 18.2 Å². The number of benzene rings is 1. The Morgan fingerprint density at radius 1 is 1.11 bits per heavy atom. The fourth-order valence-corrected chi connectivity index (χ4v) is 1.48. The van der Waals surface area contributed by atoms with Gasteiger partial charge in [0.05, 0.1) is 0 Å². The van der Waals surface area contributed by atoms with Crippen LogP contribution in [0.4, 0.5) is 26.4 Å². The molecule has 0 aliphatic rings. The molecule has 0 radical (unpaired) electrons. The SMILES string of the molecule is CN(C)c1nc(Cl)nc(Nc2c(F)cccc2F)n1. The molecule has 100 valence electrons. The van der Waals surface area contributed by atoms with E-state index in [0.29, 0.717) is 0 Å². The molecule has 2 aromatic rings. The second-order valence-electron chi connectivity index (χ2n) is 3.84. The van der Waals surface area contributed by atoms with Gasteiger partial charge in [0.2, 0.25) is 17.2 Å². The molecule has 1 aromatic carbocycles. The van der Waals surface area contributed by atoms with Crippen molar-refractivity contribution in [3.05, 3.63) is 35.1 Å². The molecule has 0 spiro atoms. The van der Waals surface area contributed by atoms with Crippen molar-refractivity contribution in [2.24, 2.45) is 0 Å². The maximum absolute atomic E-state index is 13.5.